The van der Waals surface area contributed by atoms with Crippen molar-refractivity contribution in [1.29, 1.82) is 0 Å². The fourth-order valence-electron chi connectivity index (χ4n) is 1.21. The molecule has 18 heavy (non-hydrogen) atoms. The van der Waals surface area contributed by atoms with Crippen LogP contribution in [0.3, 0.4) is 0 Å². The number of nitrogens with one attached hydrogen (secondary N) is 1. The van der Waals surface area contributed by atoms with Crippen LogP contribution in [0.25, 0.3) is 0 Å². The molecule has 0 aliphatic rings. The zero-order valence-corrected chi connectivity index (χ0v) is 12.0. The smallest absolute Gasteiger partial charge is 0.307 e. The lowest BCUT2D eigenvalue weighted by molar-refractivity contribution is -0.140. The molecule has 0 aromatic carbocycles. The lowest BCUT2D eigenvalue weighted by Gasteiger charge is -2.24. The van der Waals surface area contributed by atoms with Crippen molar-refractivity contribution in [3.63, 3.8) is 0 Å². The van der Waals surface area contributed by atoms with Crippen molar-refractivity contribution >= 4 is 21.7 Å². The Hall–Kier alpha value is -1.11. The number of carboxylic acid groups (broad SMARTS) is 1. The highest BCUT2D eigenvalue weighted by Gasteiger charge is 2.26. The molecule has 6 nitrogen and oxygen atoms in total. The van der Waals surface area contributed by atoms with Gasteiger partial charge in [0.05, 0.1) is 11.7 Å². The Morgan fingerprint density at radius 2 is 1.83 bits per heavy atom. The molecular weight excluding hydrogens is 258 g/mol. The monoisotopic (exact) mass is 279 g/mol. The van der Waals surface area contributed by atoms with E-state index in [4.69, 9.17) is 5.11 Å². The van der Waals surface area contributed by atoms with Gasteiger partial charge in [-0.05, 0) is 20.3 Å². The first kappa shape index (κ1) is 16.9. The second-order valence-electron chi connectivity index (χ2n) is 5.08. The summed E-state index contributed by atoms with van der Waals surface area (Å²) in [4.78, 5) is 22.1. The summed E-state index contributed by atoms with van der Waals surface area (Å²) in [6, 6.07) is 0. The maximum Gasteiger partial charge on any atom is 0.307 e. The van der Waals surface area contributed by atoms with Crippen LogP contribution in [-0.2, 0) is 19.4 Å². The van der Waals surface area contributed by atoms with Crippen LogP contribution in [0, 0.1) is 5.92 Å². The third kappa shape index (κ3) is 6.58. The molecule has 1 amide bonds. The Morgan fingerprint density at radius 3 is 2.22 bits per heavy atom. The predicted octanol–water partition coefficient (Wildman–Crippen LogP) is 0.427. The highest BCUT2D eigenvalue weighted by Crippen LogP contribution is 2.08. The molecule has 0 aliphatic heterocycles. The largest absolute Gasteiger partial charge is 0.481 e. The Balaban J connectivity index is 4.51. The molecule has 0 aliphatic carbocycles. The Morgan fingerprint density at radius 1 is 1.33 bits per heavy atom. The number of hydrogen-bond donors (Lipinski definition) is 2. The Labute approximate surface area is 108 Å². The summed E-state index contributed by atoms with van der Waals surface area (Å²) in [5.74, 6) is -4.00. The van der Waals surface area contributed by atoms with Crippen LogP contribution < -0.4 is 5.32 Å². The zero-order chi connectivity index (χ0) is 14.6. The van der Waals surface area contributed by atoms with Gasteiger partial charge < -0.3 is 10.4 Å². The summed E-state index contributed by atoms with van der Waals surface area (Å²) in [5, 5.41) is 11.2. The standard InChI is InChI=1S/C11H21NO5S/c1-5-11(3,4)12-9(13)7-18(16,17)6-8(2)10(14)15/h8H,5-7H2,1-4H3,(H,12,13)(H,14,15). The van der Waals surface area contributed by atoms with Crippen molar-refractivity contribution in [3.8, 4) is 0 Å². The van der Waals surface area contributed by atoms with Gasteiger partial charge in [-0.2, -0.15) is 0 Å². The molecule has 0 bridgehead atoms. The highest BCUT2D eigenvalue weighted by atomic mass is 32.2. The van der Waals surface area contributed by atoms with Crippen LogP contribution in [0.1, 0.15) is 34.1 Å². The van der Waals surface area contributed by atoms with Gasteiger partial charge in [0.1, 0.15) is 5.75 Å². The van der Waals surface area contributed by atoms with Crippen molar-refractivity contribution in [3.05, 3.63) is 0 Å². The number of aliphatic carboxylic acids is 1. The third-order valence-corrected chi connectivity index (χ3v) is 4.35. The molecule has 0 saturated carbocycles. The van der Waals surface area contributed by atoms with E-state index in [-0.39, 0.29) is 0 Å². The van der Waals surface area contributed by atoms with Gasteiger partial charge in [-0.1, -0.05) is 13.8 Å². The number of rotatable bonds is 7. The van der Waals surface area contributed by atoms with Crippen molar-refractivity contribution in [2.75, 3.05) is 11.5 Å². The maximum absolute atomic E-state index is 11.6. The summed E-state index contributed by atoms with van der Waals surface area (Å²) in [5.41, 5.74) is -0.467. The summed E-state index contributed by atoms with van der Waals surface area (Å²) < 4.78 is 23.2. The van der Waals surface area contributed by atoms with Crippen LogP contribution in [0.2, 0.25) is 0 Å². The average Bonchev–Trinajstić information content (AvgIpc) is 2.14. The maximum atomic E-state index is 11.6. The van der Waals surface area contributed by atoms with E-state index in [0.29, 0.717) is 6.42 Å². The molecular formula is C11H21NO5S. The molecule has 1 atom stereocenters. The fourth-order valence-corrected chi connectivity index (χ4v) is 2.71. The third-order valence-electron chi connectivity index (χ3n) is 2.64. The number of carbonyl (C=O) groups excluding carboxylic acids is 1. The highest BCUT2D eigenvalue weighted by molar-refractivity contribution is 7.92. The van der Waals surface area contributed by atoms with Crippen molar-refractivity contribution < 1.29 is 23.1 Å². The van der Waals surface area contributed by atoms with E-state index < -0.39 is 44.7 Å². The second-order valence-corrected chi connectivity index (χ2v) is 7.19. The molecule has 7 heteroatoms. The average molecular weight is 279 g/mol. The van der Waals surface area contributed by atoms with Gasteiger partial charge in [0.15, 0.2) is 9.84 Å². The van der Waals surface area contributed by atoms with Crippen molar-refractivity contribution in [2.24, 2.45) is 5.92 Å². The minimum atomic E-state index is -3.70. The lowest BCUT2D eigenvalue weighted by Crippen LogP contribution is -2.45. The number of sulfone groups is 1. The van der Waals surface area contributed by atoms with E-state index >= 15 is 0 Å². The van der Waals surface area contributed by atoms with Gasteiger partial charge in [-0.15, -0.1) is 0 Å². The van der Waals surface area contributed by atoms with E-state index in [9.17, 15) is 18.0 Å². The topological polar surface area (TPSA) is 101 Å². The summed E-state index contributed by atoms with van der Waals surface area (Å²) in [6.07, 6.45) is 0.671. The second kappa shape index (κ2) is 6.17. The van der Waals surface area contributed by atoms with Gasteiger partial charge in [-0.3, -0.25) is 9.59 Å². The first-order valence-corrected chi connectivity index (χ1v) is 7.55. The minimum Gasteiger partial charge on any atom is -0.481 e. The van der Waals surface area contributed by atoms with Gasteiger partial charge >= 0.3 is 5.97 Å². The molecule has 1 unspecified atom stereocenters. The SMILES string of the molecule is CCC(C)(C)NC(=O)CS(=O)(=O)CC(C)C(=O)O. The summed E-state index contributed by atoms with van der Waals surface area (Å²) in [7, 11) is -3.70. The number of hydrogen-bond acceptors (Lipinski definition) is 4. The van der Waals surface area contributed by atoms with E-state index in [0.717, 1.165) is 0 Å². The molecule has 0 radical (unpaired) electrons. The first-order valence-electron chi connectivity index (χ1n) is 5.73. The van der Waals surface area contributed by atoms with E-state index in [1.807, 2.05) is 6.92 Å². The van der Waals surface area contributed by atoms with Crippen LogP contribution in [0.4, 0.5) is 0 Å². The molecule has 0 rings (SSSR count). The van der Waals surface area contributed by atoms with Gasteiger partial charge in [-0.25, -0.2) is 8.42 Å². The summed E-state index contributed by atoms with van der Waals surface area (Å²) >= 11 is 0. The van der Waals surface area contributed by atoms with Crippen molar-refractivity contribution in [1.82, 2.24) is 5.32 Å². The van der Waals surface area contributed by atoms with Gasteiger partial charge in [0.2, 0.25) is 5.91 Å². The van der Waals surface area contributed by atoms with Gasteiger partial charge in [0, 0.05) is 5.54 Å². The van der Waals surface area contributed by atoms with E-state index in [1.165, 1.54) is 6.92 Å². The zero-order valence-electron chi connectivity index (χ0n) is 11.2. The molecule has 0 spiro atoms. The first-order chi connectivity index (χ1) is 7.99. The minimum absolute atomic E-state index is 0.467. The quantitative estimate of drug-likeness (QED) is 0.703. The predicted molar refractivity (Wildman–Crippen MR) is 68.0 cm³/mol. The van der Waals surface area contributed by atoms with Crippen LogP contribution in [-0.4, -0.2) is 42.4 Å². The van der Waals surface area contributed by atoms with Gasteiger partial charge in [0.25, 0.3) is 0 Å². The van der Waals surface area contributed by atoms with E-state index in [2.05, 4.69) is 5.32 Å². The summed E-state index contributed by atoms with van der Waals surface area (Å²) in [6.45, 7) is 6.75. The fraction of sp³-hybridized carbons (Fsp3) is 0.818. The molecule has 2 N–H and O–H groups in total. The Bertz CT molecular complexity index is 413. The molecule has 0 aromatic rings. The van der Waals surface area contributed by atoms with Crippen LogP contribution in [0.5, 0.6) is 0 Å². The van der Waals surface area contributed by atoms with E-state index in [1.54, 1.807) is 13.8 Å². The molecule has 0 heterocycles. The molecule has 0 aromatic heterocycles. The molecule has 0 fully saturated rings. The normalized spacial score (nSPS) is 14.0. The number of amides is 1. The Kier molecular flexibility index (Phi) is 5.79. The lowest BCUT2D eigenvalue weighted by atomic mass is 10.0. The number of carboxylic acids is 1. The van der Waals surface area contributed by atoms with Crippen molar-refractivity contribution in [2.45, 2.75) is 39.7 Å². The molecule has 106 valence electrons. The van der Waals surface area contributed by atoms with Crippen LogP contribution in [0.15, 0.2) is 0 Å². The number of carbonyl (C=O) groups is 2. The van der Waals surface area contributed by atoms with Crippen LogP contribution >= 0.6 is 0 Å². The molecule has 0 saturated heterocycles.